The summed E-state index contributed by atoms with van der Waals surface area (Å²) < 4.78 is 3.02. The van der Waals surface area contributed by atoms with E-state index >= 15 is 0 Å². The lowest BCUT2D eigenvalue weighted by atomic mass is 10.0. The van der Waals surface area contributed by atoms with Crippen molar-refractivity contribution in [3.05, 3.63) is 129 Å². The van der Waals surface area contributed by atoms with Crippen LogP contribution in [0.15, 0.2) is 84.2 Å². The van der Waals surface area contributed by atoms with Gasteiger partial charge in [0.05, 0.1) is 51.8 Å². The van der Waals surface area contributed by atoms with Gasteiger partial charge in [0.2, 0.25) is 0 Å². The molecule has 54 heavy (non-hydrogen) atoms. The summed E-state index contributed by atoms with van der Waals surface area (Å²) in [6.07, 6.45) is 4.33. The molecular formula is C37H32N10O7. The minimum Gasteiger partial charge on any atom is -0.478 e. The Balaban J connectivity index is 0.000000365. The molecule has 3 aromatic heterocycles. The molecule has 0 aliphatic heterocycles. The van der Waals surface area contributed by atoms with E-state index in [1.165, 1.54) is 39.7 Å². The summed E-state index contributed by atoms with van der Waals surface area (Å²) in [7, 11) is 0. The summed E-state index contributed by atoms with van der Waals surface area (Å²) in [5.41, 5.74) is 14.2. The molecule has 17 heteroatoms. The lowest BCUT2D eigenvalue weighted by molar-refractivity contribution is 0.0685. The van der Waals surface area contributed by atoms with Crippen LogP contribution < -0.4 is 0 Å². The van der Waals surface area contributed by atoms with E-state index in [-0.39, 0.29) is 22.5 Å². The Kier molecular flexibility index (Phi) is 11.3. The number of aromatic nitrogens is 7. The number of aryl methyl sites for hydroxylation is 3. The van der Waals surface area contributed by atoms with E-state index in [1.807, 2.05) is 6.92 Å². The van der Waals surface area contributed by atoms with Gasteiger partial charge in [-0.3, -0.25) is 4.79 Å². The first-order chi connectivity index (χ1) is 25.8. The molecule has 0 atom stereocenters. The van der Waals surface area contributed by atoms with Crippen LogP contribution in [0.2, 0.25) is 0 Å². The topological polar surface area (TPSA) is 252 Å². The maximum atomic E-state index is 12.9. The van der Waals surface area contributed by atoms with Gasteiger partial charge < -0.3 is 15.3 Å². The van der Waals surface area contributed by atoms with Crippen molar-refractivity contribution in [1.82, 2.24) is 35.0 Å². The summed E-state index contributed by atoms with van der Waals surface area (Å²) in [6.45, 7) is 6.99. The first-order valence-electron chi connectivity index (χ1n) is 16.3. The highest BCUT2D eigenvalue weighted by molar-refractivity contribution is 5.98. The lowest BCUT2D eigenvalue weighted by Crippen LogP contribution is -2.02. The maximum absolute atomic E-state index is 12.9. The van der Waals surface area contributed by atoms with Crippen LogP contribution in [0.25, 0.3) is 44.6 Å². The molecule has 3 aromatic carbocycles. The molecule has 0 fully saturated rings. The van der Waals surface area contributed by atoms with Crippen molar-refractivity contribution in [3.63, 3.8) is 0 Å². The van der Waals surface area contributed by atoms with Gasteiger partial charge in [-0.15, -0.1) is 10.2 Å². The van der Waals surface area contributed by atoms with Gasteiger partial charge in [0.15, 0.2) is 5.78 Å². The predicted molar refractivity (Wildman–Crippen MR) is 195 cm³/mol. The molecule has 0 saturated heterocycles. The zero-order valence-electron chi connectivity index (χ0n) is 29.4. The van der Waals surface area contributed by atoms with E-state index in [4.69, 9.17) is 15.6 Å². The Morgan fingerprint density at radius 2 is 1.11 bits per heavy atom. The monoisotopic (exact) mass is 728 g/mol. The number of pyridine rings is 1. The van der Waals surface area contributed by atoms with Crippen molar-refractivity contribution in [2.75, 3.05) is 0 Å². The minimum absolute atomic E-state index is 0.0584. The molecule has 0 bridgehead atoms. The molecule has 0 aliphatic rings. The quantitative estimate of drug-likeness (QED) is 0.0518. The average molecular weight is 729 g/mol. The number of carbonyl (C=O) groups excluding carboxylic acids is 1. The number of nitrogens with zero attached hydrogens (tertiary/aromatic N) is 10. The van der Waals surface area contributed by atoms with Crippen LogP contribution in [0.4, 0.5) is 5.69 Å². The summed E-state index contributed by atoms with van der Waals surface area (Å²) >= 11 is 0. The molecule has 6 aromatic rings. The Morgan fingerprint density at radius 1 is 0.667 bits per heavy atom. The second-order valence-electron chi connectivity index (χ2n) is 12.0. The van der Waals surface area contributed by atoms with Gasteiger partial charge in [0, 0.05) is 22.6 Å². The molecule has 0 unspecified atom stereocenters. The number of aromatic carboxylic acids is 3. The maximum Gasteiger partial charge on any atom is 0.335 e. The zero-order valence-corrected chi connectivity index (χ0v) is 29.4. The number of rotatable bonds is 11. The number of ketones is 1. The second kappa shape index (κ2) is 16.2. The van der Waals surface area contributed by atoms with Crippen LogP contribution in [-0.2, 0) is 0 Å². The van der Waals surface area contributed by atoms with Crippen LogP contribution in [0.5, 0.6) is 0 Å². The smallest absolute Gasteiger partial charge is 0.335 e. The van der Waals surface area contributed by atoms with E-state index in [1.54, 1.807) is 69.6 Å². The number of carboxylic acids is 3. The molecule has 0 spiro atoms. The molecule has 0 aliphatic carbocycles. The number of Topliss-reactive ketones (excluding diaryl/α,β-unsaturated/α-hetero) is 1. The summed E-state index contributed by atoms with van der Waals surface area (Å²) in [5.74, 6) is -3.06. The van der Waals surface area contributed by atoms with E-state index in [0.717, 1.165) is 0 Å². The Hall–Kier alpha value is -7.52. The van der Waals surface area contributed by atoms with Gasteiger partial charge in [0.25, 0.3) is 0 Å². The van der Waals surface area contributed by atoms with Crippen molar-refractivity contribution in [3.8, 4) is 34.2 Å². The van der Waals surface area contributed by atoms with E-state index in [2.05, 4.69) is 30.7 Å². The minimum atomic E-state index is -1.01. The number of hydrogen-bond acceptors (Lipinski definition) is 10. The molecule has 3 N–H and O–H groups in total. The molecule has 0 saturated carbocycles. The number of hydrogen-bond donors (Lipinski definition) is 3. The van der Waals surface area contributed by atoms with Gasteiger partial charge in [-0.05, 0) is 110 Å². The Morgan fingerprint density at radius 3 is 1.50 bits per heavy atom. The molecule has 272 valence electrons. The standard InChI is InChI=1S/C29H25N7O5.C8H7N3O2/c1-4-5-27(37)18-12-23(25-14-35(33-31-25)19-6-8-21(28(38)39)16(2)10-19)30-24(13-18)26-15-36(34-32-26)20-7-9-22(29(40)41)17(3)11-20;1-5-4-6(10-11-9)2-3-7(5)8(12)13/h6-15H,4-5H2,1-3H3,(H,38,39)(H,40,41);2-4H,1H3,(H,12,13). The van der Waals surface area contributed by atoms with Gasteiger partial charge in [-0.1, -0.05) is 28.5 Å². The summed E-state index contributed by atoms with van der Waals surface area (Å²) in [4.78, 5) is 53.5. The SMILES string of the molecule is CCCC(=O)c1cc(-c2cn(-c3ccc(C(=O)O)c(C)c3)nn2)nc(-c2cn(-c3ccc(C(=O)O)c(C)c3)nn2)c1.Cc1cc(N=[N+]=[N-])ccc1C(=O)O. The van der Waals surface area contributed by atoms with Crippen molar-refractivity contribution < 1.29 is 34.5 Å². The van der Waals surface area contributed by atoms with E-state index in [9.17, 15) is 29.4 Å². The Labute approximate surface area is 306 Å². The Bertz CT molecular complexity index is 2360. The molecule has 0 amide bonds. The van der Waals surface area contributed by atoms with Crippen LogP contribution in [0.3, 0.4) is 0 Å². The predicted octanol–water partition coefficient (Wildman–Crippen LogP) is 7.21. The van der Waals surface area contributed by atoms with Crippen LogP contribution in [-0.4, -0.2) is 74.0 Å². The average Bonchev–Trinajstić information content (AvgIpc) is 3.83. The van der Waals surface area contributed by atoms with Crippen LogP contribution in [0, 0.1) is 20.8 Å². The van der Waals surface area contributed by atoms with Crippen molar-refractivity contribution >= 4 is 29.4 Å². The first-order valence-corrected chi connectivity index (χ1v) is 16.3. The first kappa shape index (κ1) is 37.7. The number of carbonyl (C=O) groups is 4. The largest absolute Gasteiger partial charge is 0.478 e. The zero-order chi connectivity index (χ0) is 39.1. The number of benzene rings is 3. The molecule has 17 nitrogen and oxygen atoms in total. The fourth-order valence-electron chi connectivity index (χ4n) is 5.40. The van der Waals surface area contributed by atoms with Crippen LogP contribution >= 0.6 is 0 Å². The van der Waals surface area contributed by atoms with Gasteiger partial charge >= 0.3 is 17.9 Å². The highest BCUT2D eigenvalue weighted by Gasteiger charge is 2.18. The van der Waals surface area contributed by atoms with E-state index in [0.29, 0.717) is 74.9 Å². The summed E-state index contributed by atoms with van der Waals surface area (Å²) in [6, 6.07) is 17.4. The van der Waals surface area contributed by atoms with E-state index < -0.39 is 17.9 Å². The third-order valence-corrected chi connectivity index (χ3v) is 8.15. The third-order valence-electron chi connectivity index (χ3n) is 8.15. The highest BCUT2D eigenvalue weighted by atomic mass is 16.4. The number of carboxylic acid groups (broad SMARTS) is 3. The van der Waals surface area contributed by atoms with Gasteiger partial charge in [-0.25, -0.2) is 28.7 Å². The molecule has 3 heterocycles. The fourth-order valence-corrected chi connectivity index (χ4v) is 5.40. The van der Waals surface area contributed by atoms with Crippen molar-refractivity contribution in [2.24, 2.45) is 5.11 Å². The second-order valence-corrected chi connectivity index (χ2v) is 12.0. The van der Waals surface area contributed by atoms with Gasteiger partial charge in [0.1, 0.15) is 11.4 Å². The number of azide groups is 1. The van der Waals surface area contributed by atoms with Crippen LogP contribution in [0.1, 0.15) is 77.9 Å². The van der Waals surface area contributed by atoms with Gasteiger partial charge in [-0.2, -0.15) is 0 Å². The van der Waals surface area contributed by atoms with Crippen molar-refractivity contribution in [2.45, 2.75) is 40.5 Å². The fraction of sp³-hybridized carbons (Fsp3) is 0.162. The lowest BCUT2D eigenvalue weighted by Gasteiger charge is -2.06. The van der Waals surface area contributed by atoms with Crippen molar-refractivity contribution in [1.29, 1.82) is 0 Å². The molecule has 6 rings (SSSR count). The highest BCUT2D eigenvalue weighted by Crippen LogP contribution is 2.26. The normalized spacial score (nSPS) is 10.5. The third kappa shape index (κ3) is 8.50. The molecular weight excluding hydrogens is 696 g/mol. The summed E-state index contributed by atoms with van der Waals surface area (Å²) in [5, 5.41) is 47.5. The molecule has 0 radical (unpaired) electrons.